The average molecular weight is 354 g/mol. The number of aliphatic hydroxyl groups is 1. The zero-order chi connectivity index (χ0) is 18.7. The molecule has 26 heavy (non-hydrogen) atoms. The molecule has 2 atom stereocenters. The predicted molar refractivity (Wildman–Crippen MR) is 98.2 cm³/mol. The second kappa shape index (κ2) is 7.58. The number of urea groups is 1. The first-order chi connectivity index (χ1) is 12.5. The van der Waals surface area contributed by atoms with Crippen LogP contribution in [0.1, 0.15) is 12.5 Å². The lowest BCUT2D eigenvalue weighted by atomic mass is 10.2. The van der Waals surface area contributed by atoms with Gasteiger partial charge in [0.1, 0.15) is 24.5 Å². The van der Waals surface area contributed by atoms with Crippen LogP contribution in [0.3, 0.4) is 0 Å². The van der Waals surface area contributed by atoms with E-state index in [1.807, 2.05) is 43.3 Å². The third-order valence-electron chi connectivity index (χ3n) is 4.31. The van der Waals surface area contributed by atoms with Crippen LogP contribution in [0, 0.1) is 6.92 Å². The summed E-state index contributed by atoms with van der Waals surface area (Å²) in [7, 11) is 0. The Morgan fingerprint density at radius 1 is 1.12 bits per heavy atom. The Balaban J connectivity index is 1.63. The molecular formula is C20H22N2O4. The summed E-state index contributed by atoms with van der Waals surface area (Å²) in [6.07, 6.45) is -0.966. The summed E-state index contributed by atoms with van der Waals surface area (Å²) in [6, 6.07) is 15.5. The van der Waals surface area contributed by atoms with Gasteiger partial charge in [-0.05, 0) is 43.7 Å². The van der Waals surface area contributed by atoms with Gasteiger partial charge in [-0.15, -0.1) is 0 Å². The minimum Gasteiger partial charge on any atom is -0.491 e. The van der Waals surface area contributed by atoms with Crippen LogP contribution in [0.2, 0.25) is 0 Å². The van der Waals surface area contributed by atoms with Gasteiger partial charge >= 0.3 is 6.03 Å². The Hall–Kier alpha value is -2.86. The number of nitrogens with zero attached hydrogens (tertiary/aromatic N) is 2. The molecule has 1 heterocycles. The van der Waals surface area contributed by atoms with E-state index in [2.05, 4.69) is 0 Å². The maximum absolute atomic E-state index is 12.7. The van der Waals surface area contributed by atoms with Crippen LogP contribution in [0.5, 0.6) is 5.75 Å². The smallest absolute Gasteiger partial charge is 0.332 e. The summed E-state index contributed by atoms with van der Waals surface area (Å²) < 4.78 is 5.55. The molecule has 6 nitrogen and oxygen atoms in total. The molecule has 3 amide bonds. The number of rotatable bonds is 6. The van der Waals surface area contributed by atoms with Crippen molar-refractivity contribution in [2.24, 2.45) is 0 Å². The van der Waals surface area contributed by atoms with Gasteiger partial charge in [0.15, 0.2) is 0 Å². The highest BCUT2D eigenvalue weighted by Gasteiger charge is 2.43. The molecule has 1 saturated heterocycles. The fourth-order valence-corrected chi connectivity index (χ4v) is 2.98. The molecule has 0 aliphatic carbocycles. The molecule has 0 aromatic heterocycles. The van der Waals surface area contributed by atoms with Gasteiger partial charge in [-0.3, -0.25) is 14.6 Å². The predicted octanol–water partition coefficient (Wildman–Crippen LogP) is 2.59. The summed E-state index contributed by atoms with van der Waals surface area (Å²) in [6.45, 7) is 3.53. The molecule has 1 N–H and O–H groups in total. The lowest BCUT2D eigenvalue weighted by Gasteiger charge is -2.20. The van der Waals surface area contributed by atoms with E-state index in [0.717, 1.165) is 10.5 Å². The molecule has 0 spiro atoms. The molecule has 136 valence electrons. The van der Waals surface area contributed by atoms with Gasteiger partial charge in [0.2, 0.25) is 0 Å². The highest BCUT2D eigenvalue weighted by Crippen LogP contribution is 2.25. The number of aryl methyl sites for hydroxylation is 1. The average Bonchev–Trinajstić information content (AvgIpc) is 2.84. The molecule has 0 radical (unpaired) electrons. The lowest BCUT2D eigenvalue weighted by molar-refractivity contribution is -0.128. The summed E-state index contributed by atoms with van der Waals surface area (Å²) in [5.74, 6) is 0.316. The quantitative estimate of drug-likeness (QED) is 0.810. The third kappa shape index (κ3) is 3.70. The van der Waals surface area contributed by atoms with Crippen molar-refractivity contribution in [3.63, 3.8) is 0 Å². The number of para-hydroxylation sites is 1. The molecule has 6 heteroatoms. The van der Waals surface area contributed by atoms with Crippen molar-refractivity contribution < 1.29 is 19.4 Å². The van der Waals surface area contributed by atoms with Crippen molar-refractivity contribution in [1.82, 2.24) is 4.90 Å². The van der Waals surface area contributed by atoms with Gasteiger partial charge in [0, 0.05) is 5.69 Å². The topological polar surface area (TPSA) is 70.1 Å². The van der Waals surface area contributed by atoms with E-state index >= 15 is 0 Å². The van der Waals surface area contributed by atoms with E-state index in [0.29, 0.717) is 11.4 Å². The van der Waals surface area contributed by atoms with Crippen molar-refractivity contribution in [1.29, 1.82) is 0 Å². The van der Waals surface area contributed by atoms with Gasteiger partial charge in [0.05, 0.1) is 6.54 Å². The molecule has 2 aromatic carbocycles. The van der Waals surface area contributed by atoms with Crippen molar-refractivity contribution in [2.75, 3.05) is 18.1 Å². The van der Waals surface area contributed by atoms with E-state index < -0.39 is 18.2 Å². The second-order valence-electron chi connectivity index (χ2n) is 6.39. The Morgan fingerprint density at radius 3 is 2.54 bits per heavy atom. The Labute approximate surface area is 152 Å². The minimum absolute atomic E-state index is 0.000229. The highest BCUT2D eigenvalue weighted by molar-refractivity contribution is 6.14. The van der Waals surface area contributed by atoms with E-state index in [9.17, 15) is 14.7 Å². The van der Waals surface area contributed by atoms with Gasteiger partial charge in [0.25, 0.3) is 5.91 Å². The van der Waals surface area contributed by atoms with E-state index in [4.69, 9.17) is 4.74 Å². The number of benzene rings is 2. The van der Waals surface area contributed by atoms with E-state index in [1.165, 1.54) is 4.90 Å². The number of ether oxygens (including phenoxy) is 1. The number of carbonyl (C=O) groups is 2. The van der Waals surface area contributed by atoms with Crippen LogP contribution in [0.15, 0.2) is 54.6 Å². The van der Waals surface area contributed by atoms with Crippen LogP contribution >= 0.6 is 0 Å². The molecular weight excluding hydrogens is 332 g/mol. The normalized spacial score (nSPS) is 18.3. The van der Waals surface area contributed by atoms with Crippen molar-refractivity contribution in [2.45, 2.75) is 26.0 Å². The molecule has 0 bridgehead atoms. The number of β-amino-alcohol motifs (C(OH)–C–C–N with tert-alkyl or cyclic N) is 1. The first-order valence-corrected chi connectivity index (χ1v) is 8.54. The third-order valence-corrected chi connectivity index (χ3v) is 4.31. The van der Waals surface area contributed by atoms with Crippen LogP contribution in [-0.4, -0.2) is 47.2 Å². The number of imide groups is 1. The standard InChI is InChI=1S/C20H22N2O4/c1-14-7-6-10-18(11-14)26-13-17(23)12-21-19(24)15(2)22(20(21)25)16-8-4-3-5-9-16/h3-11,15,17,23H,12-13H2,1-2H3/t15-,17-/m1/s1. The monoisotopic (exact) mass is 354 g/mol. The summed E-state index contributed by atoms with van der Waals surface area (Å²) in [4.78, 5) is 27.7. The Bertz CT molecular complexity index is 793. The SMILES string of the molecule is Cc1cccc(OC[C@H](O)CN2C(=O)[C@@H](C)N(c3ccccc3)C2=O)c1. The molecule has 1 aliphatic heterocycles. The first-order valence-electron chi connectivity index (χ1n) is 8.54. The number of hydrogen-bond acceptors (Lipinski definition) is 4. The van der Waals surface area contributed by atoms with Crippen LogP contribution < -0.4 is 9.64 Å². The maximum Gasteiger partial charge on any atom is 0.332 e. The number of amides is 3. The molecule has 0 saturated carbocycles. The molecule has 0 unspecified atom stereocenters. The van der Waals surface area contributed by atoms with Gasteiger partial charge in [-0.25, -0.2) is 4.79 Å². The van der Waals surface area contributed by atoms with Crippen molar-refractivity contribution in [3.05, 3.63) is 60.2 Å². The molecule has 1 fully saturated rings. The Kier molecular flexibility index (Phi) is 5.23. The zero-order valence-electron chi connectivity index (χ0n) is 14.8. The largest absolute Gasteiger partial charge is 0.491 e. The molecule has 3 rings (SSSR count). The maximum atomic E-state index is 12.7. The number of carbonyl (C=O) groups excluding carboxylic acids is 2. The second-order valence-corrected chi connectivity index (χ2v) is 6.39. The van der Waals surface area contributed by atoms with Crippen molar-refractivity contribution >= 4 is 17.6 Å². The summed E-state index contributed by atoms with van der Waals surface area (Å²) in [5.41, 5.74) is 1.71. The first kappa shape index (κ1) is 17.9. The van der Waals surface area contributed by atoms with Crippen LogP contribution in [0.25, 0.3) is 0 Å². The van der Waals surface area contributed by atoms with Gasteiger partial charge in [-0.1, -0.05) is 30.3 Å². The van der Waals surface area contributed by atoms with Crippen LogP contribution in [-0.2, 0) is 4.79 Å². The van der Waals surface area contributed by atoms with Crippen LogP contribution in [0.4, 0.5) is 10.5 Å². The number of hydrogen-bond donors (Lipinski definition) is 1. The van der Waals surface area contributed by atoms with Gasteiger partial charge < -0.3 is 9.84 Å². The highest BCUT2D eigenvalue weighted by atomic mass is 16.5. The zero-order valence-corrected chi connectivity index (χ0v) is 14.8. The fraction of sp³-hybridized carbons (Fsp3) is 0.300. The number of anilines is 1. The lowest BCUT2D eigenvalue weighted by Crippen LogP contribution is -2.40. The summed E-state index contributed by atoms with van der Waals surface area (Å²) in [5, 5.41) is 10.2. The molecule has 2 aromatic rings. The van der Waals surface area contributed by atoms with Crippen molar-refractivity contribution in [3.8, 4) is 5.75 Å². The fourth-order valence-electron chi connectivity index (χ4n) is 2.98. The van der Waals surface area contributed by atoms with Gasteiger partial charge in [-0.2, -0.15) is 0 Å². The minimum atomic E-state index is -0.966. The van der Waals surface area contributed by atoms with E-state index in [-0.39, 0.29) is 19.1 Å². The van der Waals surface area contributed by atoms with E-state index in [1.54, 1.807) is 25.1 Å². The Morgan fingerprint density at radius 2 is 1.85 bits per heavy atom. The number of aliphatic hydroxyl groups excluding tert-OH is 1. The summed E-state index contributed by atoms with van der Waals surface area (Å²) >= 11 is 0. The molecule has 1 aliphatic rings.